The highest BCUT2D eigenvalue weighted by atomic mass is 35.5. The Kier molecular flexibility index (Phi) is 4.91. The molecule has 2 aliphatic rings. The number of fused-ring (bicyclic) bond motifs is 1. The molecule has 138 valence electrons. The molecule has 1 saturated heterocycles. The number of rotatable bonds is 3. The maximum Gasteiger partial charge on any atom is 0.166 e. The number of piperidine rings is 1. The van der Waals surface area contributed by atoms with E-state index in [9.17, 15) is 10.1 Å². The van der Waals surface area contributed by atoms with Crippen LogP contribution >= 0.6 is 11.6 Å². The first-order valence-electron chi connectivity index (χ1n) is 9.04. The predicted octanol–water partition coefficient (Wildman–Crippen LogP) is 4.08. The van der Waals surface area contributed by atoms with Crippen LogP contribution in [0.15, 0.2) is 36.4 Å². The molecule has 0 unspecified atom stereocenters. The fourth-order valence-corrected chi connectivity index (χ4v) is 3.86. The molecule has 6 heteroatoms. The van der Waals surface area contributed by atoms with Gasteiger partial charge >= 0.3 is 0 Å². The Balaban J connectivity index is 1.45. The van der Waals surface area contributed by atoms with Crippen LogP contribution in [0.4, 0.5) is 5.69 Å². The van der Waals surface area contributed by atoms with Crippen molar-refractivity contribution >= 4 is 23.1 Å². The maximum absolute atomic E-state index is 12.9. The van der Waals surface area contributed by atoms with Gasteiger partial charge in [-0.3, -0.25) is 4.79 Å². The lowest BCUT2D eigenvalue weighted by atomic mass is 9.88. The number of carbonyl (C=O) groups excluding carboxylic acids is 1. The summed E-state index contributed by atoms with van der Waals surface area (Å²) < 4.78 is 11.1. The lowest BCUT2D eigenvalue weighted by Gasteiger charge is -2.33. The van der Waals surface area contributed by atoms with E-state index in [-0.39, 0.29) is 11.7 Å². The van der Waals surface area contributed by atoms with Crippen molar-refractivity contribution in [2.24, 2.45) is 5.92 Å². The quantitative estimate of drug-likeness (QED) is 0.748. The SMILES string of the molecule is N#Cc1cc(Cl)ccc1N1CCC(C(=O)c2ccc3c(c2)OCCO3)CC1. The molecule has 0 spiro atoms. The number of ether oxygens (including phenoxy) is 2. The molecule has 2 aliphatic heterocycles. The molecule has 0 N–H and O–H groups in total. The molecule has 5 nitrogen and oxygen atoms in total. The van der Waals surface area contributed by atoms with Crippen molar-refractivity contribution in [2.45, 2.75) is 12.8 Å². The van der Waals surface area contributed by atoms with Gasteiger partial charge in [0.1, 0.15) is 19.3 Å². The molecule has 0 saturated carbocycles. The number of hydrogen-bond donors (Lipinski definition) is 0. The van der Waals surface area contributed by atoms with Gasteiger partial charge in [-0.1, -0.05) is 11.6 Å². The van der Waals surface area contributed by atoms with Gasteiger partial charge in [0, 0.05) is 29.6 Å². The minimum Gasteiger partial charge on any atom is -0.486 e. The second kappa shape index (κ2) is 7.50. The topological polar surface area (TPSA) is 62.6 Å². The molecule has 2 aromatic carbocycles. The Bertz CT molecular complexity index is 914. The second-order valence-corrected chi connectivity index (χ2v) is 7.19. The van der Waals surface area contributed by atoms with Gasteiger partial charge in [0.2, 0.25) is 0 Å². The summed E-state index contributed by atoms with van der Waals surface area (Å²) in [5.74, 6) is 1.45. The number of halogens is 1. The van der Waals surface area contributed by atoms with Crippen LogP contribution in [0, 0.1) is 17.2 Å². The van der Waals surface area contributed by atoms with E-state index in [1.54, 1.807) is 18.2 Å². The highest BCUT2D eigenvalue weighted by molar-refractivity contribution is 6.30. The first-order valence-corrected chi connectivity index (χ1v) is 9.42. The Labute approximate surface area is 163 Å². The second-order valence-electron chi connectivity index (χ2n) is 6.76. The average Bonchev–Trinajstić information content (AvgIpc) is 2.73. The first-order chi connectivity index (χ1) is 13.2. The van der Waals surface area contributed by atoms with Gasteiger partial charge in [-0.15, -0.1) is 0 Å². The number of anilines is 1. The van der Waals surface area contributed by atoms with Gasteiger partial charge in [-0.05, 0) is 49.2 Å². The number of nitrogens with zero attached hydrogens (tertiary/aromatic N) is 2. The molecule has 0 bridgehead atoms. The zero-order chi connectivity index (χ0) is 18.8. The molecular formula is C21H19ClN2O3. The predicted molar refractivity (Wildman–Crippen MR) is 103 cm³/mol. The summed E-state index contributed by atoms with van der Waals surface area (Å²) in [6, 6.07) is 13.0. The lowest BCUT2D eigenvalue weighted by molar-refractivity contribution is 0.0899. The third-order valence-electron chi connectivity index (χ3n) is 5.11. The highest BCUT2D eigenvalue weighted by Gasteiger charge is 2.27. The minimum absolute atomic E-state index is 0.0263. The zero-order valence-electron chi connectivity index (χ0n) is 14.8. The number of carbonyl (C=O) groups is 1. The van der Waals surface area contributed by atoms with Gasteiger partial charge < -0.3 is 14.4 Å². The van der Waals surface area contributed by atoms with Crippen LogP contribution in [0.3, 0.4) is 0 Å². The maximum atomic E-state index is 12.9. The van der Waals surface area contributed by atoms with E-state index in [0.29, 0.717) is 40.9 Å². The summed E-state index contributed by atoms with van der Waals surface area (Å²) >= 11 is 5.98. The summed E-state index contributed by atoms with van der Waals surface area (Å²) in [6.07, 6.45) is 1.50. The standard InChI is InChI=1S/C21H19ClN2O3/c22-17-2-3-18(16(11-17)13-23)24-7-5-14(6-8-24)21(25)15-1-4-19-20(12-15)27-10-9-26-19/h1-4,11-12,14H,5-10H2. The van der Waals surface area contributed by atoms with E-state index in [1.165, 1.54) is 0 Å². The lowest BCUT2D eigenvalue weighted by Crippen LogP contribution is -2.36. The summed E-state index contributed by atoms with van der Waals surface area (Å²) in [6.45, 7) is 2.51. The van der Waals surface area contributed by atoms with E-state index in [0.717, 1.165) is 31.6 Å². The van der Waals surface area contributed by atoms with Gasteiger partial charge in [0.05, 0.1) is 11.3 Å². The Morgan fingerprint density at radius 2 is 1.81 bits per heavy atom. The highest BCUT2D eigenvalue weighted by Crippen LogP contribution is 2.33. The molecular weight excluding hydrogens is 364 g/mol. The van der Waals surface area contributed by atoms with Crippen LogP contribution in [0.5, 0.6) is 11.5 Å². The molecule has 0 aliphatic carbocycles. The van der Waals surface area contributed by atoms with Crippen LogP contribution < -0.4 is 14.4 Å². The van der Waals surface area contributed by atoms with Crippen molar-refractivity contribution < 1.29 is 14.3 Å². The van der Waals surface area contributed by atoms with Crippen LogP contribution in [-0.2, 0) is 0 Å². The number of benzene rings is 2. The van der Waals surface area contributed by atoms with E-state index >= 15 is 0 Å². The normalized spacial score (nSPS) is 16.7. The number of Topliss-reactive ketones (excluding diaryl/α,β-unsaturated/α-hetero) is 1. The number of hydrogen-bond acceptors (Lipinski definition) is 5. The summed E-state index contributed by atoms with van der Waals surface area (Å²) in [5.41, 5.74) is 2.12. The zero-order valence-corrected chi connectivity index (χ0v) is 15.5. The first kappa shape index (κ1) is 17.7. The van der Waals surface area contributed by atoms with E-state index in [2.05, 4.69) is 11.0 Å². The van der Waals surface area contributed by atoms with Crippen LogP contribution in [0.25, 0.3) is 0 Å². The van der Waals surface area contributed by atoms with E-state index in [1.807, 2.05) is 18.2 Å². The van der Waals surface area contributed by atoms with Crippen LogP contribution in [-0.4, -0.2) is 32.1 Å². The Morgan fingerprint density at radius 1 is 1.07 bits per heavy atom. The molecule has 27 heavy (non-hydrogen) atoms. The van der Waals surface area contributed by atoms with Gasteiger partial charge in [-0.25, -0.2) is 0 Å². The molecule has 1 fully saturated rings. The number of ketones is 1. The fraction of sp³-hybridized carbons (Fsp3) is 0.333. The Hall–Kier alpha value is -2.71. The average molecular weight is 383 g/mol. The van der Waals surface area contributed by atoms with Crippen molar-refractivity contribution in [3.8, 4) is 17.6 Å². The largest absolute Gasteiger partial charge is 0.486 e. The van der Waals surface area contributed by atoms with Crippen molar-refractivity contribution in [3.05, 3.63) is 52.5 Å². The minimum atomic E-state index is -0.0263. The van der Waals surface area contributed by atoms with Crippen molar-refractivity contribution in [3.63, 3.8) is 0 Å². The monoisotopic (exact) mass is 382 g/mol. The van der Waals surface area contributed by atoms with Crippen molar-refractivity contribution in [1.82, 2.24) is 0 Å². The molecule has 2 aromatic rings. The van der Waals surface area contributed by atoms with Crippen molar-refractivity contribution in [1.29, 1.82) is 5.26 Å². The van der Waals surface area contributed by atoms with Crippen LogP contribution in [0.2, 0.25) is 5.02 Å². The van der Waals surface area contributed by atoms with Crippen molar-refractivity contribution in [2.75, 3.05) is 31.2 Å². The number of nitriles is 1. The van der Waals surface area contributed by atoms with Gasteiger partial charge in [0.25, 0.3) is 0 Å². The van der Waals surface area contributed by atoms with Gasteiger partial charge in [-0.2, -0.15) is 5.26 Å². The summed E-state index contributed by atoms with van der Waals surface area (Å²) in [7, 11) is 0. The summed E-state index contributed by atoms with van der Waals surface area (Å²) in [4.78, 5) is 15.1. The Morgan fingerprint density at radius 3 is 2.56 bits per heavy atom. The molecule has 2 heterocycles. The van der Waals surface area contributed by atoms with Gasteiger partial charge in [0.15, 0.2) is 17.3 Å². The molecule has 4 rings (SSSR count). The molecule has 0 aromatic heterocycles. The van der Waals surface area contributed by atoms with Crippen LogP contribution in [0.1, 0.15) is 28.8 Å². The molecule has 0 atom stereocenters. The van der Waals surface area contributed by atoms with E-state index in [4.69, 9.17) is 21.1 Å². The fourth-order valence-electron chi connectivity index (χ4n) is 3.69. The molecule has 0 amide bonds. The third-order valence-corrected chi connectivity index (χ3v) is 5.35. The smallest absolute Gasteiger partial charge is 0.166 e. The van der Waals surface area contributed by atoms with E-state index < -0.39 is 0 Å². The third kappa shape index (κ3) is 3.58. The summed E-state index contributed by atoms with van der Waals surface area (Å²) in [5, 5.41) is 9.90. The molecule has 0 radical (unpaired) electrons.